The van der Waals surface area contributed by atoms with Gasteiger partial charge in [-0.2, -0.15) is 0 Å². The van der Waals surface area contributed by atoms with E-state index >= 15 is 0 Å². The van der Waals surface area contributed by atoms with Crippen LogP contribution in [-0.4, -0.2) is 12.6 Å². The maximum atomic E-state index is 13.3. The Hall–Kier alpha value is -0.800. The molecule has 0 bridgehead atoms. The molecule has 0 aliphatic heterocycles. The number of halogens is 2. The molecule has 0 amide bonds. The fourth-order valence-corrected chi connectivity index (χ4v) is 3.29. The van der Waals surface area contributed by atoms with Crippen molar-refractivity contribution in [3.05, 3.63) is 29.0 Å². The van der Waals surface area contributed by atoms with E-state index in [4.69, 9.17) is 17.3 Å². The first-order valence-electron chi connectivity index (χ1n) is 7.01. The smallest absolute Gasteiger partial charge is 0.126 e. The Bertz CT molecular complexity index is 404. The van der Waals surface area contributed by atoms with E-state index in [1.807, 2.05) is 0 Å². The zero-order valence-corrected chi connectivity index (χ0v) is 12.1. The van der Waals surface area contributed by atoms with Crippen LogP contribution >= 0.6 is 11.6 Å². The first-order chi connectivity index (χ1) is 9.08. The number of hydrogen-bond donors (Lipinski definition) is 2. The molecular formula is C15H22ClFN2. The summed E-state index contributed by atoms with van der Waals surface area (Å²) in [6, 6.07) is 4.73. The van der Waals surface area contributed by atoms with Crippen LogP contribution in [-0.2, 0) is 0 Å². The minimum Gasteiger partial charge on any atom is -0.381 e. The monoisotopic (exact) mass is 284 g/mol. The molecule has 2 nitrogen and oxygen atoms in total. The summed E-state index contributed by atoms with van der Waals surface area (Å²) in [5, 5.41) is 3.76. The molecule has 0 heterocycles. The lowest BCUT2D eigenvalue weighted by Crippen LogP contribution is -2.38. The third-order valence-corrected chi connectivity index (χ3v) is 4.23. The zero-order valence-electron chi connectivity index (χ0n) is 11.3. The van der Waals surface area contributed by atoms with Gasteiger partial charge in [-0.25, -0.2) is 4.39 Å². The van der Waals surface area contributed by atoms with Crippen molar-refractivity contribution in [3.8, 4) is 0 Å². The topological polar surface area (TPSA) is 38.0 Å². The van der Waals surface area contributed by atoms with Crippen LogP contribution in [0.5, 0.6) is 0 Å². The highest BCUT2D eigenvalue weighted by molar-refractivity contribution is 6.30. The summed E-state index contributed by atoms with van der Waals surface area (Å²) in [4.78, 5) is 0. The van der Waals surface area contributed by atoms with Gasteiger partial charge in [0, 0.05) is 23.3 Å². The Morgan fingerprint density at radius 1 is 1.42 bits per heavy atom. The summed E-state index contributed by atoms with van der Waals surface area (Å²) in [7, 11) is 0. The number of benzene rings is 1. The van der Waals surface area contributed by atoms with Crippen LogP contribution in [0.2, 0.25) is 5.02 Å². The van der Waals surface area contributed by atoms with Gasteiger partial charge >= 0.3 is 0 Å². The van der Waals surface area contributed by atoms with Crippen LogP contribution in [0.1, 0.15) is 32.6 Å². The predicted octanol–water partition coefficient (Wildman–Crippen LogP) is 4.04. The standard InChI is InChI=1S/C15H22ClFN2/c1-10-3-2-4-11(5-10)15(9-18)19-14-7-12(16)6-13(17)8-14/h6-8,10-11,15,19H,2-5,9,18H2,1H3. The third-order valence-electron chi connectivity index (χ3n) is 4.01. The molecule has 0 aromatic heterocycles. The Morgan fingerprint density at radius 2 is 2.21 bits per heavy atom. The first kappa shape index (κ1) is 14.6. The van der Waals surface area contributed by atoms with Gasteiger partial charge in [0.1, 0.15) is 5.82 Å². The number of hydrogen-bond acceptors (Lipinski definition) is 2. The van der Waals surface area contributed by atoms with E-state index in [1.165, 1.54) is 37.8 Å². The number of anilines is 1. The predicted molar refractivity (Wildman–Crippen MR) is 79.0 cm³/mol. The molecule has 0 spiro atoms. The summed E-state index contributed by atoms with van der Waals surface area (Å²) in [6.45, 7) is 2.85. The van der Waals surface area contributed by atoms with E-state index in [1.54, 1.807) is 6.07 Å². The lowest BCUT2D eigenvalue weighted by atomic mass is 9.78. The van der Waals surface area contributed by atoms with Crippen LogP contribution < -0.4 is 11.1 Å². The average Bonchev–Trinajstić information content (AvgIpc) is 2.34. The van der Waals surface area contributed by atoms with Gasteiger partial charge in [0.15, 0.2) is 0 Å². The van der Waals surface area contributed by atoms with E-state index in [-0.39, 0.29) is 11.9 Å². The van der Waals surface area contributed by atoms with Crippen molar-refractivity contribution in [2.24, 2.45) is 17.6 Å². The largest absolute Gasteiger partial charge is 0.381 e. The molecule has 0 saturated heterocycles. The van der Waals surface area contributed by atoms with Gasteiger partial charge < -0.3 is 11.1 Å². The summed E-state index contributed by atoms with van der Waals surface area (Å²) >= 11 is 5.87. The minimum atomic E-state index is -0.317. The van der Waals surface area contributed by atoms with Crippen LogP contribution in [0.15, 0.2) is 18.2 Å². The average molecular weight is 285 g/mol. The molecule has 1 aromatic rings. The third kappa shape index (κ3) is 4.08. The maximum Gasteiger partial charge on any atom is 0.126 e. The molecule has 3 unspecified atom stereocenters. The number of rotatable bonds is 4. The molecule has 2 rings (SSSR count). The number of nitrogens with two attached hydrogens (primary N) is 1. The second-order valence-electron chi connectivity index (χ2n) is 5.68. The molecular weight excluding hydrogens is 263 g/mol. The SMILES string of the molecule is CC1CCCC(C(CN)Nc2cc(F)cc(Cl)c2)C1. The maximum absolute atomic E-state index is 13.3. The van der Waals surface area contributed by atoms with Gasteiger partial charge in [0.25, 0.3) is 0 Å². The van der Waals surface area contributed by atoms with Gasteiger partial charge in [-0.1, -0.05) is 31.4 Å². The molecule has 1 aromatic carbocycles. The Labute approximate surface area is 119 Å². The minimum absolute atomic E-state index is 0.195. The molecule has 3 N–H and O–H groups in total. The fourth-order valence-electron chi connectivity index (χ4n) is 3.07. The van der Waals surface area contributed by atoms with E-state index < -0.39 is 0 Å². The highest BCUT2D eigenvalue weighted by Gasteiger charge is 2.25. The lowest BCUT2D eigenvalue weighted by Gasteiger charge is -2.33. The van der Waals surface area contributed by atoms with Gasteiger partial charge in [-0.15, -0.1) is 0 Å². The van der Waals surface area contributed by atoms with E-state index in [0.717, 1.165) is 11.6 Å². The van der Waals surface area contributed by atoms with E-state index in [2.05, 4.69) is 12.2 Å². The van der Waals surface area contributed by atoms with Gasteiger partial charge in [-0.05, 0) is 42.9 Å². The highest BCUT2D eigenvalue weighted by atomic mass is 35.5. The van der Waals surface area contributed by atoms with Gasteiger partial charge in [0.2, 0.25) is 0 Å². The molecule has 1 fully saturated rings. The molecule has 106 valence electrons. The van der Waals surface area contributed by atoms with Crippen molar-refractivity contribution in [2.75, 3.05) is 11.9 Å². The van der Waals surface area contributed by atoms with Crippen molar-refractivity contribution in [2.45, 2.75) is 38.6 Å². The molecule has 3 atom stereocenters. The van der Waals surface area contributed by atoms with Gasteiger partial charge in [0.05, 0.1) is 0 Å². The van der Waals surface area contributed by atoms with Crippen molar-refractivity contribution in [1.82, 2.24) is 0 Å². The quantitative estimate of drug-likeness (QED) is 0.875. The first-order valence-corrected chi connectivity index (χ1v) is 7.39. The molecule has 0 radical (unpaired) electrons. The molecule has 19 heavy (non-hydrogen) atoms. The molecule has 1 aliphatic rings. The molecule has 4 heteroatoms. The second kappa shape index (κ2) is 6.58. The van der Waals surface area contributed by atoms with Crippen molar-refractivity contribution >= 4 is 17.3 Å². The van der Waals surface area contributed by atoms with E-state index in [0.29, 0.717) is 17.5 Å². The highest BCUT2D eigenvalue weighted by Crippen LogP contribution is 2.32. The fraction of sp³-hybridized carbons (Fsp3) is 0.600. The molecule has 1 aliphatic carbocycles. The van der Waals surface area contributed by atoms with E-state index in [9.17, 15) is 4.39 Å². The zero-order chi connectivity index (χ0) is 13.8. The summed E-state index contributed by atoms with van der Waals surface area (Å²) in [6.07, 6.45) is 4.95. The van der Waals surface area contributed by atoms with Crippen molar-refractivity contribution in [1.29, 1.82) is 0 Å². The summed E-state index contributed by atoms with van der Waals surface area (Å²) in [5.41, 5.74) is 6.60. The summed E-state index contributed by atoms with van der Waals surface area (Å²) in [5.74, 6) is 1.00. The normalized spacial score (nSPS) is 25.1. The van der Waals surface area contributed by atoms with Crippen LogP contribution in [0.4, 0.5) is 10.1 Å². The summed E-state index contributed by atoms with van der Waals surface area (Å²) < 4.78 is 13.3. The van der Waals surface area contributed by atoms with Crippen molar-refractivity contribution in [3.63, 3.8) is 0 Å². The van der Waals surface area contributed by atoms with Gasteiger partial charge in [-0.3, -0.25) is 0 Å². The van der Waals surface area contributed by atoms with Crippen molar-refractivity contribution < 1.29 is 4.39 Å². The second-order valence-corrected chi connectivity index (χ2v) is 6.11. The Morgan fingerprint density at radius 3 is 2.84 bits per heavy atom. The Balaban J connectivity index is 2.05. The van der Waals surface area contributed by atoms with Crippen LogP contribution in [0, 0.1) is 17.7 Å². The number of nitrogens with one attached hydrogen (secondary N) is 1. The van der Waals surface area contributed by atoms with Crippen LogP contribution in [0.25, 0.3) is 0 Å². The Kier molecular flexibility index (Phi) is 5.06. The lowest BCUT2D eigenvalue weighted by molar-refractivity contribution is 0.257. The van der Waals surface area contributed by atoms with Crippen LogP contribution in [0.3, 0.4) is 0 Å². The molecule has 1 saturated carbocycles.